The van der Waals surface area contributed by atoms with Crippen LogP contribution in [0.15, 0.2) is 0 Å². The van der Waals surface area contributed by atoms with E-state index >= 15 is 0 Å². The molecule has 3 unspecified atom stereocenters. The van der Waals surface area contributed by atoms with Crippen LogP contribution >= 0.6 is 0 Å². The van der Waals surface area contributed by atoms with E-state index in [-0.39, 0.29) is 0 Å². The highest BCUT2D eigenvalue weighted by molar-refractivity contribution is 4.88. The molecule has 2 aliphatic carbocycles. The first kappa shape index (κ1) is 8.55. The second kappa shape index (κ2) is 3.37. The maximum atomic E-state index is 3.74. The normalized spacial score (nSPS) is 43.0. The van der Waals surface area contributed by atoms with Crippen molar-refractivity contribution in [3.05, 3.63) is 0 Å². The summed E-state index contributed by atoms with van der Waals surface area (Å²) >= 11 is 0. The van der Waals surface area contributed by atoms with Crippen LogP contribution in [0.2, 0.25) is 0 Å². The third-order valence-electron chi connectivity index (χ3n) is 3.65. The first-order chi connectivity index (χ1) is 5.75. The molecule has 0 amide bonds. The van der Waals surface area contributed by atoms with Gasteiger partial charge in [0.1, 0.15) is 0 Å². The molecule has 0 spiro atoms. The lowest BCUT2D eigenvalue weighted by Gasteiger charge is -2.32. The summed E-state index contributed by atoms with van der Waals surface area (Å²) in [4.78, 5) is 0. The summed E-state index contributed by atoms with van der Waals surface area (Å²) in [5.41, 5.74) is 0. The molecule has 0 aromatic heterocycles. The molecule has 0 saturated heterocycles. The van der Waals surface area contributed by atoms with Crippen LogP contribution in [0.4, 0.5) is 0 Å². The van der Waals surface area contributed by atoms with Crippen LogP contribution in [0.5, 0.6) is 0 Å². The summed E-state index contributed by atoms with van der Waals surface area (Å²) in [5.74, 6) is 1.90. The Hall–Kier alpha value is -0.0400. The van der Waals surface area contributed by atoms with Crippen LogP contribution in [-0.2, 0) is 0 Å². The molecule has 0 radical (unpaired) electrons. The van der Waals surface area contributed by atoms with Gasteiger partial charge in [0, 0.05) is 12.1 Å². The molecule has 1 N–H and O–H groups in total. The van der Waals surface area contributed by atoms with Crippen molar-refractivity contribution >= 4 is 0 Å². The second-order valence-corrected chi connectivity index (χ2v) is 4.91. The van der Waals surface area contributed by atoms with Crippen LogP contribution in [0.1, 0.15) is 46.0 Å². The van der Waals surface area contributed by atoms with E-state index in [2.05, 4.69) is 19.2 Å². The van der Waals surface area contributed by atoms with Gasteiger partial charge in [-0.15, -0.1) is 0 Å². The highest BCUT2D eigenvalue weighted by Gasteiger charge is 2.29. The monoisotopic (exact) mass is 167 g/mol. The van der Waals surface area contributed by atoms with Crippen LogP contribution in [0.3, 0.4) is 0 Å². The molecular weight excluding hydrogens is 146 g/mol. The molecule has 1 heteroatoms. The number of rotatable bonds is 2. The molecule has 70 valence electrons. The van der Waals surface area contributed by atoms with Gasteiger partial charge < -0.3 is 5.32 Å². The average Bonchev–Trinajstić information content (AvgIpc) is 2.81. The summed E-state index contributed by atoms with van der Waals surface area (Å²) in [6.07, 6.45) is 7.13. The largest absolute Gasteiger partial charge is 0.311 e. The summed E-state index contributed by atoms with van der Waals surface area (Å²) in [5, 5.41) is 3.74. The highest BCUT2D eigenvalue weighted by atomic mass is 15.0. The fourth-order valence-corrected chi connectivity index (χ4v) is 2.28. The topological polar surface area (TPSA) is 12.0 Å². The number of hydrogen-bond acceptors (Lipinski definition) is 1. The zero-order chi connectivity index (χ0) is 8.55. The van der Waals surface area contributed by atoms with E-state index in [1.807, 2.05) is 0 Å². The molecular formula is C11H21N. The van der Waals surface area contributed by atoms with E-state index in [0.717, 1.165) is 23.9 Å². The van der Waals surface area contributed by atoms with Crippen molar-refractivity contribution in [1.29, 1.82) is 0 Å². The van der Waals surface area contributed by atoms with E-state index in [1.165, 1.54) is 32.1 Å². The van der Waals surface area contributed by atoms with E-state index in [4.69, 9.17) is 0 Å². The van der Waals surface area contributed by atoms with Gasteiger partial charge in [0.25, 0.3) is 0 Å². The second-order valence-electron chi connectivity index (χ2n) is 4.91. The molecule has 0 aliphatic heterocycles. The standard InChI is InChI=1S/C11H21N/c1-8-3-4-11(7-9(8)2)12-10-5-6-10/h8-12H,3-7H2,1-2H3. The Kier molecular flexibility index (Phi) is 2.40. The minimum atomic E-state index is 0.851. The van der Waals surface area contributed by atoms with Crippen molar-refractivity contribution in [3.63, 3.8) is 0 Å². The van der Waals surface area contributed by atoms with Gasteiger partial charge in [-0.3, -0.25) is 0 Å². The summed E-state index contributed by atoms with van der Waals surface area (Å²) in [6, 6.07) is 1.75. The van der Waals surface area contributed by atoms with E-state index in [9.17, 15) is 0 Å². The minimum absolute atomic E-state index is 0.851. The van der Waals surface area contributed by atoms with Gasteiger partial charge in [-0.25, -0.2) is 0 Å². The van der Waals surface area contributed by atoms with Crippen molar-refractivity contribution in [2.45, 2.75) is 58.0 Å². The van der Waals surface area contributed by atoms with Gasteiger partial charge in [-0.2, -0.15) is 0 Å². The summed E-state index contributed by atoms with van der Waals surface area (Å²) < 4.78 is 0. The molecule has 2 aliphatic rings. The predicted molar refractivity (Wildman–Crippen MR) is 52.1 cm³/mol. The maximum absolute atomic E-state index is 3.74. The molecule has 0 bridgehead atoms. The Morgan fingerprint density at radius 2 is 1.50 bits per heavy atom. The van der Waals surface area contributed by atoms with E-state index in [1.54, 1.807) is 0 Å². The Labute approximate surface area is 75.9 Å². The Bertz CT molecular complexity index is 151. The van der Waals surface area contributed by atoms with E-state index < -0.39 is 0 Å². The molecule has 0 heterocycles. The van der Waals surface area contributed by atoms with Crippen molar-refractivity contribution in [1.82, 2.24) is 5.32 Å². The Balaban J connectivity index is 1.76. The van der Waals surface area contributed by atoms with Gasteiger partial charge in [-0.05, 0) is 43.9 Å². The van der Waals surface area contributed by atoms with E-state index in [0.29, 0.717) is 0 Å². The molecule has 2 fully saturated rings. The van der Waals surface area contributed by atoms with Crippen LogP contribution in [-0.4, -0.2) is 12.1 Å². The minimum Gasteiger partial charge on any atom is -0.311 e. The van der Waals surface area contributed by atoms with Crippen LogP contribution in [0, 0.1) is 11.8 Å². The number of nitrogens with one attached hydrogen (secondary N) is 1. The first-order valence-corrected chi connectivity index (χ1v) is 5.51. The SMILES string of the molecule is CC1CCC(NC2CC2)CC1C. The summed E-state index contributed by atoms with van der Waals surface area (Å²) in [7, 11) is 0. The van der Waals surface area contributed by atoms with Gasteiger partial charge in [0.15, 0.2) is 0 Å². The summed E-state index contributed by atoms with van der Waals surface area (Å²) in [6.45, 7) is 4.81. The molecule has 12 heavy (non-hydrogen) atoms. The molecule has 0 aromatic carbocycles. The zero-order valence-corrected chi connectivity index (χ0v) is 8.34. The smallest absolute Gasteiger partial charge is 0.00723 e. The van der Waals surface area contributed by atoms with Crippen molar-refractivity contribution in [2.24, 2.45) is 11.8 Å². The Morgan fingerprint density at radius 1 is 0.833 bits per heavy atom. The predicted octanol–water partition coefficient (Wildman–Crippen LogP) is 2.56. The van der Waals surface area contributed by atoms with Crippen molar-refractivity contribution < 1.29 is 0 Å². The molecule has 1 nitrogen and oxygen atoms in total. The first-order valence-electron chi connectivity index (χ1n) is 5.51. The van der Waals surface area contributed by atoms with Crippen molar-refractivity contribution in [3.8, 4) is 0 Å². The third kappa shape index (κ3) is 2.01. The zero-order valence-electron chi connectivity index (χ0n) is 8.34. The quantitative estimate of drug-likeness (QED) is 0.666. The number of hydrogen-bond donors (Lipinski definition) is 1. The lowest BCUT2D eigenvalue weighted by molar-refractivity contribution is 0.225. The average molecular weight is 167 g/mol. The Morgan fingerprint density at radius 3 is 2.08 bits per heavy atom. The lowest BCUT2D eigenvalue weighted by Crippen LogP contribution is -2.37. The van der Waals surface area contributed by atoms with Crippen LogP contribution < -0.4 is 5.32 Å². The molecule has 0 aromatic rings. The fourth-order valence-electron chi connectivity index (χ4n) is 2.28. The van der Waals surface area contributed by atoms with Gasteiger partial charge in [0.2, 0.25) is 0 Å². The molecule has 2 saturated carbocycles. The fraction of sp³-hybridized carbons (Fsp3) is 1.00. The van der Waals surface area contributed by atoms with Gasteiger partial charge in [-0.1, -0.05) is 13.8 Å². The van der Waals surface area contributed by atoms with Crippen LogP contribution in [0.25, 0.3) is 0 Å². The molecule has 2 rings (SSSR count). The van der Waals surface area contributed by atoms with Gasteiger partial charge in [0.05, 0.1) is 0 Å². The third-order valence-corrected chi connectivity index (χ3v) is 3.65. The maximum Gasteiger partial charge on any atom is 0.00723 e. The highest BCUT2D eigenvalue weighted by Crippen LogP contribution is 2.31. The van der Waals surface area contributed by atoms with Gasteiger partial charge >= 0.3 is 0 Å². The lowest BCUT2D eigenvalue weighted by atomic mass is 9.79. The molecule has 3 atom stereocenters. The van der Waals surface area contributed by atoms with Crippen molar-refractivity contribution in [2.75, 3.05) is 0 Å².